The molecule has 5 heteroatoms. The molecule has 0 saturated carbocycles. The number of hydrogen-bond donors (Lipinski definition) is 1. The van der Waals surface area contributed by atoms with Crippen LogP contribution >= 0.6 is 0 Å². The standard InChI is InChI=1S/C8H14N4O/c1-4-12-6(2)8(10-11-12)7(13)5-9-3/h9H,4-5H2,1-3H3. The normalized spacial score (nSPS) is 10.4. The fourth-order valence-electron chi connectivity index (χ4n) is 1.16. The summed E-state index contributed by atoms with van der Waals surface area (Å²) < 4.78 is 1.71. The van der Waals surface area contributed by atoms with Crippen LogP contribution in [0, 0.1) is 6.92 Å². The molecular formula is C8H14N4O. The molecule has 0 aromatic carbocycles. The number of carbonyl (C=O) groups is 1. The minimum atomic E-state index is -0.0142. The lowest BCUT2D eigenvalue weighted by Crippen LogP contribution is -2.19. The first-order chi connectivity index (χ1) is 6.20. The van der Waals surface area contributed by atoms with Gasteiger partial charge in [-0.1, -0.05) is 5.21 Å². The van der Waals surface area contributed by atoms with Crippen molar-refractivity contribution >= 4 is 5.78 Å². The molecule has 72 valence electrons. The molecular weight excluding hydrogens is 168 g/mol. The van der Waals surface area contributed by atoms with Crippen LogP contribution in [0.15, 0.2) is 0 Å². The molecule has 5 nitrogen and oxygen atoms in total. The lowest BCUT2D eigenvalue weighted by atomic mass is 10.2. The van der Waals surface area contributed by atoms with E-state index in [0.717, 1.165) is 12.2 Å². The van der Waals surface area contributed by atoms with E-state index in [9.17, 15) is 4.79 Å². The molecule has 0 fully saturated rings. The minimum absolute atomic E-state index is 0.0142. The van der Waals surface area contributed by atoms with Gasteiger partial charge >= 0.3 is 0 Å². The molecule has 0 aliphatic heterocycles. The van der Waals surface area contributed by atoms with Gasteiger partial charge in [0.25, 0.3) is 0 Å². The predicted molar refractivity (Wildman–Crippen MR) is 48.7 cm³/mol. The number of ketones is 1. The highest BCUT2D eigenvalue weighted by molar-refractivity contribution is 5.96. The third-order valence-electron chi connectivity index (χ3n) is 1.88. The smallest absolute Gasteiger partial charge is 0.198 e. The van der Waals surface area contributed by atoms with Gasteiger partial charge in [0, 0.05) is 6.54 Å². The van der Waals surface area contributed by atoms with Crippen LogP contribution in [0.3, 0.4) is 0 Å². The number of rotatable bonds is 4. The predicted octanol–water partition coefficient (Wildman–Crippen LogP) is 0.00852. The molecule has 1 aromatic heterocycles. The van der Waals surface area contributed by atoms with E-state index >= 15 is 0 Å². The van der Waals surface area contributed by atoms with Gasteiger partial charge in [0.15, 0.2) is 11.5 Å². The third kappa shape index (κ3) is 1.92. The lowest BCUT2D eigenvalue weighted by molar-refractivity contribution is 0.0988. The van der Waals surface area contributed by atoms with Crippen LogP contribution in [0.1, 0.15) is 23.1 Å². The van der Waals surface area contributed by atoms with Crippen LogP contribution in [0.2, 0.25) is 0 Å². The summed E-state index contributed by atoms with van der Waals surface area (Å²) in [6, 6.07) is 0. The Balaban J connectivity index is 2.89. The Labute approximate surface area is 77.1 Å². The molecule has 0 aliphatic rings. The van der Waals surface area contributed by atoms with Gasteiger partial charge < -0.3 is 5.32 Å². The van der Waals surface area contributed by atoms with E-state index in [-0.39, 0.29) is 5.78 Å². The number of likely N-dealkylation sites (N-methyl/N-ethyl adjacent to an activating group) is 1. The summed E-state index contributed by atoms with van der Waals surface area (Å²) in [4.78, 5) is 11.4. The monoisotopic (exact) mass is 182 g/mol. The van der Waals surface area contributed by atoms with Crippen molar-refractivity contribution in [2.45, 2.75) is 20.4 Å². The maximum Gasteiger partial charge on any atom is 0.198 e. The van der Waals surface area contributed by atoms with E-state index in [1.54, 1.807) is 11.7 Å². The summed E-state index contributed by atoms with van der Waals surface area (Å²) in [5.41, 5.74) is 1.30. The largest absolute Gasteiger partial charge is 0.313 e. The number of nitrogens with zero attached hydrogens (tertiary/aromatic N) is 3. The second-order valence-electron chi connectivity index (χ2n) is 2.79. The van der Waals surface area contributed by atoms with E-state index < -0.39 is 0 Å². The van der Waals surface area contributed by atoms with Crippen LogP contribution in [0.25, 0.3) is 0 Å². The topological polar surface area (TPSA) is 59.8 Å². The fraction of sp³-hybridized carbons (Fsp3) is 0.625. The molecule has 0 amide bonds. The number of aryl methyl sites for hydroxylation is 1. The Morgan fingerprint density at radius 2 is 2.31 bits per heavy atom. The molecule has 0 bridgehead atoms. The van der Waals surface area contributed by atoms with Gasteiger partial charge in [-0.2, -0.15) is 0 Å². The Kier molecular flexibility index (Phi) is 3.13. The summed E-state index contributed by atoms with van der Waals surface area (Å²) >= 11 is 0. The molecule has 1 rings (SSSR count). The molecule has 13 heavy (non-hydrogen) atoms. The van der Waals surface area contributed by atoms with Gasteiger partial charge in [-0.15, -0.1) is 5.10 Å². The number of aromatic nitrogens is 3. The number of Topliss-reactive ketones (excluding diaryl/α,β-unsaturated/α-hetero) is 1. The van der Waals surface area contributed by atoms with Gasteiger partial charge in [0.2, 0.25) is 0 Å². The maximum absolute atomic E-state index is 11.4. The first-order valence-electron chi connectivity index (χ1n) is 4.28. The Hall–Kier alpha value is -1.23. The highest BCUT2D eigenvalue weighted by Gasteiger charge is 2.14. The summed E-state index contributed by atoms with van der Waals surface area (Å²) in [6.45, 7) is 4.87. The highest BCUT2D eigenvalue weighted by atomic mass is 16.1. The second-order valence-corrected chi connectivity index (χ2v) is 2.79. The Bertz CT molecular complexity index is 305. The molecule has 0 spiro atoms. The molecule has 0 aliphatic carbocycles. The van der Waals surface area contributed by atoms with E-state index in [2.05, 4.69) is 15.6 Å². The van der Waals surface area contributed by atoms with E-state index in [0.29, 0.717) is 12.2 Å². The zero-order valence-corrected chi connectivity index (χ0v) is 8.16. The minimum Gasteiger partial charge on any atom is -0.313 e. The van der Waals surface area contributed by atoms with Crippen LogP contribution in [0.5, 0.6) is 0 Å². The first-order valence-corrected chi connectivity index (χ1v) is 4.28. The molecule has 0 saturated heterocycles. The van der Waals surface area contributed by atoms with Crippen molar-refractivity contribution in [3.8, 4) is 0 Å². The van der Waals surface area contributed by atoms with Crippen LogP contribution < -0.4 is 5.32 Å². The Morgan fingerprint density at radius 3 is 2.77 bits per heavy atom. The quantitative estimate of drug-likeness (QED) is 0.666. The zero-order chi connectivity index (χ0) is 9.84. The molecule has 0 radical (unpaired) electrons. The van der Waals surface area contributed by atoms with Gasteiger partial charge in [-0.25, -0.2) is 4.68 Å². The molecule has 1 N–H and O–H groups in total. The van der Waals surface area contributed by atoms with Gasteiger partial charge in [-0.3, -0.25) is 4.79 Å². The average Bonchev–Trinajstić information content (AvgIpc) is 2.47. The molecule has 0 unspecified atom stereocenters. The van der Waals surface area contributed by atoms with Crippen molar-refractivity contribution in [3.05, 3.63) is 11.4 Å². The summed E-state index contributed by atoms with van der Waals surface area (Å²) in [5, 5.41) is 10.5. The van der Waals surface area contributed by atoms with Crippen molar-refractivity contribution in [2.24, 2.45) is 0 Å². The lowest BCUT2D eigenvalue weighted by Gasteiger charge is -1.98. The van der Waals surface area contributed by atoms with Gasteiger partial charge in [0.05, 0.1) is 12.2 Å². The first kappa shape index (κ1) is 9.85. The SMILES string of the molecule is CCn1nnc(C(=O)CNC)c1C. The van der Waals surface area contributed by atoms with Crippen molar-refractivity contribution < 1.29 is 4.79 Å². The van der Waals surface area contributed by atoms with E-state index in [4.69, 9.17) is 0 Å². The van der Waals surface area contributed by atoms with Crippen molar-refractivity contribution in [1.82, 2.24) is 20.3 Å². The maximum atomic E-state index is 11.4. The highest BCUT2D eigenvalue weighted by Crippen LogP contribution is 2.03. The Morgan fingerprint density at radius 1 is 1.62 bits per heavy atom. The molecule has 1 heterocycles. The second kappa shape index (κ2) is 4.13. The summed E-state index contributed by atoms with van der Waals surface area (Å²) in [5.74, 6) is -0.0142. The van der Waals surface area contributed by atoms with Crippen molar-refractivity contribution in [1.29, 1.82) is 0 Å². The zero-order valence-electron chi connectivity index (χ0n) is 8.16. The van der Waals surface area contributed by atoms with Crippen molar-refractivity contribution in [2.75, 3.05) is 13.6 Å². The summed E-state index contributed by atoms with van der Waals surface area (Å²) in [7, 11) is 1.73. The van der Waals surface area contributed by atoms with Crippen LogP contribution in [-0.2, 0) is 6.54 Å². The number of hydrogen-bond acceptors (Lipinski definition) is 4. The van der Waals surface area contributed by atoms with E-state index in [1.807, 2.05) is 13.8 Å². The molecule has 0 atom stereocenters. The average molecular weight is 182 g/mol. The van der Waals surface area contributed by atoms with Crippen LogP contribution in [-0.4, -0.2) is 34.4 Å². The molecule has 1 aromatic rings. The fourth-order valence-corrected chi connectivity index (χ4v) is 1.16. The van der Waals surface area contributed by atoms with Gasteiger partial charge in [-0.05, 0) is 20.9 Å². The number of nitrogens with one attached hydrogen (secondary N) is 1. The van der Waals surface area contributed by atoms with Gasteiger partial charge in [0.1, 0.15) is 0 Å². The van der Waals surface area contributed by atoms with Crippen molar-refractivity contribution in [3.63, 3.8) is 0 Å². The third-order valence-corrected chi connectivity index (χ3v) is 1.88. The number of carbonyl (C=O) groups excluding carboxylic acids is 1. The van der Waals surface area contributed by atoms with Crippen LogP contribution in [0.4, 0.5) is 0 Å². The van der Waals surface area contributed by atoms with E-state index in [1.165, 1.54) is 0 Å². The summed E-state index contributed by atoms with van der Waals surface area (Å²) in [6.07, 6.45) is 0.